The van der Waals surface area contributed by atoms with Gasteiger partial charge in [0.15, 0.2) is 5.16 Å². The summed E-state index contributed by atoms with van der Waals surface area (Å²) in [6, 6.07) is 6.27. The average Bonchev–Trinajstić information content (AvgIpc) is 2.51. The maximum absolute atomic E-state index is 13.4. The normalized spacial score (nSPS) is 21.3. The van der Waals surface area contributed by atoms with Gasteiger partial charge >= 0.3 is 0 Å². The van der Waals surface area contributed by atoms with Crippen molar-refractivity contribution in [1.82, 2.24) is 0 Å². The van der Waals surface area contributed by atoms with E-state index >= 15 is 0 Å². The molecule has 2 aliphatic rings. The Morgan fingerprint density at radius 3 is 2.12 bits per heavy atom. The number of carbonyl (C=O) groups excluding carboxylic acids is 1. The number of aryl methyl sites for hydroxylation is 2. The number of para-hydroxylation sites is 1. The van der Waals surface area contributed by atoms with Crippen molar-refractivity contribution in [2.24, 2.45) is 0 Å². The fourth-order valence-corrected chi connectivity index (χ4v) is 10.6. The molecule has 1 heterocycles. The molecular formula is C20H31NOPY+. The van der Waals surface area contributed by atoms with Crippen LogP contribution < -0.4 is 5.32 Å². The zero-order valence-electron chi connectivity index (χ0n) is 15.5. The Bertz CT molecular complexity index is 571. The van der Waals surface area contributed by atoms with Crippen LogP contribution in [0.3, 0.4) is 0 Å². The molecule has 24 heavy (non-hydrogen) atoms. The van der Waals surface area contributed by atoms with Crippen LogP contribution in [0.4, 0.5) is 5.69 Å². The zero-order chi connectivity index (χ0) is 16.5. The number of nitrogens with one attached hydrogen (secondary N) is 1. The minimum Gasteiger partial charge on any atom is -0.322 e. The zero-order valence-corrected chi connectivity index (χ0v) is 19.3. The van der Waals surface area contributed by atoms with E-state index in [2.05, 4.69) is 44.3 Å². The predicted octanol–water partition coefficient (Wildman–Crippen LogP) is 5.38. The molecule has 0 aromatic heterocycles. The number of hydrogen-bond donors (Lipinski definition) is 1. The van der Waals surface area contributed by atoms with Crippen molar-refractivity contribution in [2.75, 3.05) is 23.8 Å². The molecule has 0 atom stereocenters. The molecule has 2 fully saturated rings. The molecule has 4 heteroatoms. The van der Waals surface area contributed by atoms with Crippen LogP contribution in [0.5, 0.6) is 0 Å². The molecule has 0 unspecified atom stereocenters. The standard InChI is InChI=1S/C20H30NOP.Y/c1-4-23(14-6-5-7-15-23)20(12-9-13-20)19(22)21-18-16(2)10-8-11-17(18)3;/h8,10-11H,4-7,9,12-15H2,1-3H3;/p+1. The Balaban J connectivity index is 0.00000208. The third kappa shape index (κ3) is 3.40. The second-order valence-corrected chi connectivity index (χ2v) is 12.2. The molecule has 129 valence electrons. The van der Waals surface area contributed by atoms with Crippen molar-refractivity contribution in [3.05, 3.63) is 29.3 Å². The van der Waals surface area contributed by atoms with Gasteiger partial charge in [-0.05, 0) is 70.4 Å². The first-order valence-corrected chi connectivity index (χ1v) is 11.6. The summed E-state index contributed by atoms with van der Waals surface area (Å²) in [5, 5.41) is 3.36. The van der Waals surface area contributed by atoms with E-state index in [1.165, 1.54) is 55.3 Å². The third-order valence-corrected chi connectivity index (χ3v) is 12.5. The molecular weight excluding hydrogens is 390 g/mol. The maximum Gasteiger partial charge on any atom is 0.268 e. The van der Waals surface area contributed by atoms with Gasteiger partial charge < -0.3 is 5.32 Å². The van der Waals surface area contributed by atoms with Crippen LogP contribution in [0, 0.1) is 13.8 Å². The minimum absolute atomic E-state index is 0. The Hall–Kier alpha value is 0.224. The van der Waals surface area contributed by atoms with E-state index in [0.29, 0.717) is 5.91 Å². The average molecular weight is 421 g/mol. The van der Waals surface area contributed by atoms with Gasteiger partial charge in [-0.3, -0.25) is 4.79 Å². The first-order valence-electron chi connectivity index (χ1n) is 9.28. The van der Waals surface area contributed by atoms with Gasteiger partial charge in [-0.15, -0.1) is 0 Å². The van der Waals surface area contributed by atoms with Crippen molar-refractivity contribution in [3.63, 3.8) is 0 Å². The SMILES string of the molecule is CC[P+]1(C2(C(=O)Nc3c(C)cccc3C)CCC2)CCCCC1.[Y]. The van der Waals surface area contributed by atoms with Gasteiger partial charge in [-0.2, -0.15) is 0 Å². The second-order valence-electron chi connectivity index (χ2n) is 7.58. The summed E-state index contributed by atoms with van der Waals surface area (Å²) in [7, 11) is -1.14. The van der Waals surface area contributed by atoms with E-state index in [4.69, 9.17) is 0 Å². The summed E-state index contributed by atoms with van der Waals surface area (Å²) in [4.78, 5) is 13.4. The van der Waals surface area contributed by atoms with Crippen LogP contribution in [0.2, 0.25) is 0 Å². The van der Waals surface area contributed by atoms with Gasteiger partial charge in [-0.1, -0.05) is 18.2 Å². The summed E-state index contributed by atoms with van der Waals surface area (Å²) < 4.78 is 0. The summed E-state index contributed by atoms with van der Waals surface area (Å²) in [5.74, 6) is 0.346. The van der Waals surface area contributed by atoms with Crippen molar-refractivity contribution < 1.29 is 37.5 Å². The van der Waals surface area contributed by atoms with Crippen LogP contribution in [-0.2, 0) is 37.5 Å². The molecule has 0 bridgehead atoms. The van der Waals surface area contributed by atoms with Crippen molar-refractivity contribution in [2.45, 2.75) is 64.5 Å². The number of hydrogen-bond acceptors (Lipinski definition) is 1. The second kappa shape index (κ2) is 8.28. The van der Waals surface area contributed by atoms with Gasteiger partial charge in [0.25, 0.3) is 5.91 Å². The van der Waals surface area contributed by atoms with E-state index < -0.39 is 7.26 Å². The molecule has 1 aliphatic carbocycles. The molecule has 1 saturated heterocycles. The summed E-state index contributed by atoms with van der Waals surface area (Å²) in [6.45, 7) is 6.55. The van der Waals surface area contributed by atoms with E-state index in [1.807, 2.05) is 0 Å². The molecule has 2 nitrogen and oxygen atoms in total. The fraction of sp³-hybridized carbons (Fsp3) is 0.650. The van der Waals surface area contributed by atoms with Gasteiger partial charge in [-0.25, -0.2) is 0 Å². The molecule has 1 saturated carbocycles. The Morgan fingerprint density at radius 1 is 1.08 bits per heavy atom. The van der Waals surface area contributed by atoms with Crippen LogP contribution in [0.15, 0.2) is 18.2 Å². The van der Waals surface area contributed by atoms with Crippen LogP contribution in [0.1, 0.15) is 56.6 Å². The minimum atomic E-state index is -1.14. The third-order valence-electron chi connectivity index (χ3n) is 6.51. The Morgan fingerprint density at radius 2 is 1.67 bits per heavy atom. The number of amides is 1. The van der Waals surface area contributed by atoms with E-state index in [-0.39, 0.29) is 37.9 Å². The van der Waals surface area contributed by atoms with Crippen molar-refractivity contribution in [1.29, 1.82) is 0 Å². The van der Waals surface area contributed by atoms with Crippen molar-refractivity contribution >= 4 is 18.9 Å². The Labute approximate surface area is 173 Å². The molecule has 3 rings (SSSR count). The largest absolute Gasteiger partial charge is 0.322 e. The van der Waals surface area contributed by atoms with Crippen molar-refractivity contribution in [3.8, 4) is 0 Å². The molecule has 1 N–H and O–H groups in total. The van der Waals surface area contributed by atoms with Gasteiger partial charge in [0.1, 0.15) is 0 Å². The number of carbonyl (C=O) groups is 1. The number of rotatable bonds is 4. The first-order chi connectivity index (χ1) is 11.0. The van der Waals surface area contributed by atoms with Gasteiger partial charge in [0, 0.05) is 45.7 Å². The molecule has 0 spiro atoms. The molecule has 1 radical (unpaired) electrons. The summed E-state index contributed by atoms with van der Waals surface area (Å²) in [6.07, 6.45) is 11.5. The number of benzene rings is 1. The number of anilines is 1. The van der Waals surface area contributed by atoms with E-state index in [1.54, 1.807) is 0 Å². The van der Waals surface area contributed by atoms with Gasteiger partial charge in [0.05, 0.1) is 18.5 Å². The summed E-state index contributed by atoms with van der Waals surface area (Å²) >= 11 is 0. The molecule has 1 amide bonds. The van der Waals surface area contributed by atoms with Crippen LogP contribution >= 0.6 is 7.26 Å². The Kier molecular flexibility index (Phi) is 7.08. The van der Waals surface area contributed by atoms with E-state index in [9.17, 15) is 4.79 Å². The van der Waals surface area contributed by atoms with Gasteiger partial charge in [0.2, 0.25) is 0 Å². The predicted molar refractivity (Wildman–Crippen MR) is 102 cm³/mol. The smallest absolute Gasteiger partial charge is 0.268 e. The topological polar surface area (TPSA) is 29.1 Å². The summed E-state index contributed by atoms with van der Waals surface area (Å²) in [5.41, 5.74) is 3.41. The van der Waals surface area contributed by atoms with E-state index in [0.717, 1.165) is 18.5 Å². The molecule has 1 aromatic carbocycles. The quantitative estimate of drug-likeness (QED) is 0.650. The van der Waals surface area contributed by atoms with Crippen LogP contribution in [-0.4, -0.2) is 29.5 Å². The van der Waals surface area contributed by atoms with Crippen LogP contribution in [0.25, 0.3) is 0 Å². The fourth-order valence-electron chi connectivity index (χ4n) is 4.83. The maximum atomic E-state index is 13.4. The molecule has 1 aromatic rings. The molecule has 1 aliphatic heterocycles. The monoisotopic (exact) mass is 421 g/mol. The first kappa shape index (κ1) is 20.5.